The number of nitrogens with zero attached hydrogens (tertiary/aromatic N) is 4. The van der Waals surface area contributed by atoms with Crippen molar-refractivity contribution in [1.82, 2.24) is 9.97 Å². The van der Waals surface area contributed by atoms with E-state index < -0.39 is 0 Å². The van der Waals surface area contributed by atoms with Crippen LogP contribution in [0.25, 0.3) is 21.8 Å². The maximum absolute atomic E-state index is 6.91. The highest BCUT2D eigenvalue weighted by molar-refractivity contribution is 14.1. The molecular formula is C52H59IN4O2+2. The zero-order valence-electron chi connectivity index (χ0n) is 34.4. The van der Waals surface area contributed by atoms with Crippen molar-refractivity contribution in [2.24, 2.45) is 23.7 Å². The number of hydrogen-bond acceptors (Lipinski definition) is 4. The first kappa shape index (κ1) is 40.4. The van der Waals surface area contributed by atoms with Gasteiger partial charge in [-0.2, -0.15) is 0 Å². The summed E-state index contributed by atoms with van der Waals surface area (Å²) in [5.41, 5.74) is 7.37. The van der Waals surface area contributed by atoms with E-state index in [0.29, 0.717) is 49.0 Å². The minimum Gasteiger partial charge on any atom is -0.363 e. The smallest absolute Gasteiger partial charge is 0.135 e. The molecule has 304 valence electrons. The number of quaternary nitrogens is 2. The number of benzene rings is 3. The lowest BCUT2D eigenvalue weighted by Crippen LogP contribution is -2.68. The normalized spacial score (nSPS) is 29.6. The van der Waals surface area contributed by atoms with E-state index in [0.717, 1.165) is 72.1 Å². The van der Waals surface area contributed by atoms with Crippen molar-refractivity contribution in [3.63, 3.8) is 0 Å². The van der Waals surface area contributed by atoms with Crippen molar-refractivity contribution in [3.05, 3.63) is 168 Å². The number of fused-ring (bicyclic) bond motifs is 8. The Hall–Kier alpha value is -3.99. The van der Waals surface area contributed by atoms with Crippen molar-refractivity contribution >= 4 is 44.4 Å². The van der Waals surface area contributed by atoms with Gasteiger partial charge < -0.3 is 18.4 Å². The molecule has 0 unspecified atom stereocenters. The van der Waals surface area contributed by atoms with Crippen LogP contribution in [0.3, 0.4) is 0 Å². The summed E-state index contributed by atoms with van der Waals surface area (Å²) in [5, 5.41) is 2.37. The Balaban J connectivity index is 1.09. The van der Waals surface area contributed by atoms with E-state index in [-0.39, 0.29) is 12.2 Å². The van der Waals surface area contributed by atoms with E-state index >= 15 is 0 Å². The third-order valence-corrected chi connectivity index (χ3v) is 15.5. The van der Waals surface area contributed by atoms with Gasteiger partial charge in [-0.3, -0.25) is 9.97 Å². The highest BCUT2D eigenvalue weighted by Crippen LogP contribution is 2.51. The molecule has 0 N–H and O–H groups in total. The van der Waals surface area contributed by atoms with Gasteiger partial charge in [0.05, 0.1) is 50.4 Å². The van der Waals surface area contributed by atoms with E-state index in [1.54, 1.807) is 0 Å². The topological polar surface area (TPSA) is 44.2 Å². The second kappa shape index (κ2) is 17.2. The van der Waals surface area contributed by atoms with Gasteiger partial charge in [0.1, 0.15) is 37.4 Å². The van der Waals surface area contributed by atoms with Crippen LogP contribution in [0.2, 0.25) is 0 Å². The van der Waals surface area contributed by atoms with Gasteiger partial charge in [0.2, 0.25) is 0 Å². The fourth-order valence-electron chi connectivity index (χ4n) is 12.2. The first-order valence-corrected chi connectivity index (χ1v) is 22.8. The molecule has 7 heteroatoms. The molecule has 8 heterocycles. The van der Waals surface area contributed by atoms with Crippen molar-refractivity contribution in [2.45, 2.75) is 63.1 Å². The number of pyridine rings is 2. The maximum atomic E-state index is 6.91. The van der Waals surface area contributed by atoms with Gasteiger partial charge in [-0.25, -0.2) is 0 Å². The minimum atomic E-state index is -0.0712. The Morgan fingerprint density at radius 3 is 1.54 bits per heavy atom. The molecule has 6 aliphatic heterocycles. The molecule has 5 aromatic rings. The Morgan fingerprint density at radius 1 is 0.644 bits per heavy atom. The number of ether oxygens (including phenoxy) is 2. The molecule has 4 bridgehead atoms. The van der Waals surface area contributed by atoms with Gasteiger partial charge in [-0.05, 0) is 88.0 Å². The summed E-state index contributed by atoms with van der Waals surface area (Å²) in [6.07, 6.45) is 16.8. The first-order valence-electron chi connectivity index (χ1n) is 21.7. The van der Waals surface area contributed by atoms with Crippen molar-refractivity contribution < 1.29 is 18.4 Å². The van der Waals surface area contributed by atoms with Gasteiger partial charge in [0, 0.05) is 75.4 Å². The summed E-state index contributed by atoms with van der Waals surface area (Å²) < 4.78 is 17.1. The van der Waals surface area contributed by atoms with Crippen LogP contribution in [0.5, 0.6) is 0 Å². The Morgan fingerprint density at radius 2 is 1.10 bits per heavy atom. The van der Waals surface area contributed by atoms with Crippen molar-refractivity contribution in [2.75, 3.05) is 39.4 Å². The largest absolute Gasteiger partial charge is 0.363 e. The third kappa shape index (κ3) is 7.67. The van der Waals surface area contributed by atoms with E-state index in [1.165, 1.54) is 49.4 Å². The lowest BCUT2D eigenvalue weighted by molar-refractivity contribution is -0.985. The molecule has 0 aliphatic carbocycles. The highest BCUT2D eigenvalue weighted by atomic mass is 127. The third-order valence-electron chi connectivity index (χ3n) is 14.8. The molecule has 6 aliphatic rings. The first-order chi connectivity index (χ1) is 28.9. The molecule has 2 aromatic heterocycles. The van der Waals surface area contributed by atoms with Crippen LogP contribution in [0.4, 0.5) is 0 Å². The standard InChI is InChI=1S/C52H59IN4O2/c1-5-25-58-51(45-17-21-54-47-15-11-9-13-43(45)47)49-30-40-19-23-56(49,34-38(40)7-3)32-36-27-37(29-42(53)28-36)33-57-24-20-41(39(8-4)35-57)31-50(57)52(59-26-6-2)46-18-22-55-48-16-12-10-14-44(46)48/h5-18,21-22,27-29,38-41,49-52H,1-4,19-20,23-26,30-35H2/q+2/t38-,39-,40-,41-,49+,50+,51+,52+,56+,57+/m0/s1. The minimum absolute atomic E-state index is 0.0712. The van der Waals surface area contributed by atoms with E-state index in [1.807, 2.05) is 24.5 Å². The van der Waals surface area contributed by atoms with Crippen LogP contribution >= 0.6 is 22.6 Å². The summed E-state index contributed by atoms with van der Waals surface area (Å²) in [6.45, 7) is 24.3. The summed E-state index contributed by atoms with van der Waals surface area (Å²) in [6, 6.07) is 29.5. The number of aromatic nitrogens is 2. The molecule has 3 aromatic carbocycles. The van der Waals surface area contributed by atoms with E-state index in [9.17, 15) is 0 Å². The molecule has 0 amide bonds. The zero-order valence-corrected chi connectivity index (χ0v) is 36.5. The van der Waals surface area contributed by atoms with Crippen LogP contribution in [-0.4, -0.2) is 70.4 Å². The molecule has 6 saturated heterocycles. The van der Waals surface area contributed by atoms with Crippen LogP contribution in [0.15, 0.2) is 142 Å². The number of para-hydroxylation sites is 2. The average Bonchev–Trinajstić information content (AvgIpc) is 3.26. The fraction of sp³-hybridized carbons (Fsp3) is 0.385. The lowest BCUT2D eigenvalue weighted by atomic mass is 9.70. The van der Waals surface area contributed by atoms with Crippen LogP contribution in [-0.2, 0) is 22.6 Å². The van der Waals surface area contributed by atoms with E-state index in [2.05, 4.69) is 140 Å². The zero-order chi connectivity index (χ0) is 40.6. The van der Waals surface area contributed by atoms with Gasteiger partial charge in [-0.15, -0.1) is 26.3 Å². The molecule has 59 heavy (non-hydrogen) atoms. The number of rotatable bonds is 16. The van der Waals surface area contributed by atoms with Crippen LogP contribution < -0.4 is 0 Å². The average molecular weight is 899 g/mol. The molecular weight excluding hydrogens is 840 g/mol. The second-order valence-electron chi connectivity index (χ2n) is 18.0. The van der Waals surface area contributed by atoms with Crippen molar-refractivity contribution in [3.8, 4) is 0 Å². The second-order valence-corrected chi connectivity index (χ2v) is 19.2. The lowest BCUT2D eigenvalue weighted by Gasteiger charge is -2.59. The van der Waals surface area contributed by atoms with Gasteiger partial charge in [0.25, 0.3) is 0 Å². The molecule has 11 rings (SSSR count). The number of piperidine rings is 6. The Labute approximate surface area is 364 Å². The fourth-order valence-corrected chi connectivity index (χ4v) is 13.0. The summed E-state index contributed by atoms with van der Waals surface area (Å²) in [5.74, 6) is 2.23. The summed E-state index contributed by atoms with van der Waals surface area (Å²) >= 11 is 2.58. The summed E-state index contributed by atoms with van der Waals surface area (Å²) in [4.78, 5) is 9.49. The van der Waals surface area contributed by atoms with Gasteiger partial charge in [-0.1, -0.05) is 60.7 Å². The van der Waals surface area contributed by atoms with Gasteiger partial charge >= 0.3 is 0 Å². The molecule has 0 radical (unpaired) electrons. The monoisotopic (exact) mass is 898 g/mol. The summed E-state index contributed by atoms with van der Waals surface area (Å²) in [7, 11) is 0. The molecule has 0 saturated carbocycles. The van der Waals surface area contributed by atoms with E-state index in [4.69, 9.17) is 19.4 Å². The molecule has 0 spiro atoms. The quantitative estimate of drug-likeness (QED) is 0.0562. The Bertz CT molecular complexity index is 2190. The highest BCUT2D eigenvalue weighted by Gasteiger charge is 2.56. The molecule has 6 nitrogen and oxygen atoms in total. The molecule has 6 fully saturated rings. The van der Waals surface area contributed by atoms with Crippen LogP contribution in [0, 0.1) is 27.2 Å². The van der Waals surface area contributed by atoms with Crippen LogP contribution in [0.1, 0.15) is 60.1 Å². The SMILES string of the molecule is C=CCO[C@H](c1ccnc2ccccc12)[C@H]1C[C@@H]2CC[N@@+]1(Cc1cc(I)cc(C[N@@+]34CC[C@@H](C[C@@H]3[C@H](OCC=C)c3ccnc5ccccc35)[C@@H](C=C)C4)c1)C[C@@H]2C=C. The predicted molar refractivity (Wildman–Crippen MR) is 248 cm³/mol. The number of halogens is 1. The molecule has 10 atom stereocenters. The van der Waals surface area contributed by atoms with Gasteiger partial charge in [0.15, 0.2) is 0 Å². The number of hydrogen-bond donors (Lipinski definition) is 0. The van der Waals surface area contributed by atoms with Crippen molar-refractivity contribution in [1.29, 1.82) is 0 Å². The maximum Gasteiger partial charge on any atom is 0.135 e. The predicted octanol–water partition coefficient (Wildman–Crippen LogP) is 11.1. The Kier molecular flexibility index (Phi) is 11.8.